The summed E-state index contributed by atoms with van der Waals surface area (Å²) >= 11 is 0. The number of hydrogen-bond donors (Lipinski definition) is 2. The highest BCUT2D eigenvalue weighted by atomic mass is 16.6. The van der Waals surface area contributed by atoms with E-state index >= 15 is 0 Å². The molecule has 2 N–H and O–H groups in total. The topological polar surface area (TPSA) is 88.5 Å². The summed E-state index contributed by atoms with van der Waals surface area (Å²) in [5.74, 6) is -0.665. The van der Waals surface area contributed by atoms with Gasteiger partial charge in [0.25, 0.3) is 0 Å². The van der Waals surface area contributed by atoms with Gasteiger partial charge in [0.15, 0.2) is 5.75 Å². The molecule has 0 unspecified atom stereocenters. The molecule has 0 spiro atoms. The molecule has 1 amide bonds. The van der Waals surface area contributed by atoms with Crippen LogP contribution in [-0.2, 0) is 4.79 Å². The van der Waals surface area contributed by atoms with Gasteiger partial charge in [-0.3, -0.25) is 9.78 Å². The molecular formula is C9H10N2O4. The van der Waals surface area contributed by atoms with Crippen LogP contribution in [0.4, 0.5) is 4.79 Å². The van der Waals surface area contributed by atoms with E-state index in [0.717, 1.165) is 0 Å². The average Bonchev–Trinajstić information content (AvgIpc) is 2.18. The number of carbonyl (C=O) groups excluding carboxylic acids is 1. The van der Waals surface area contributed by atoms with Crippen molar-refractivity contribution in [2.24, 2.45) is 0 Å². The minimum atomic E-state index is -0.975. The molecule has 0 bridgehead atoms. The molecule has 6 heteroatoms. The molecule has 0 saturated carbocycles. The summed E-state index contributed by atoms with van der Waals surface area (Å²) < 4.78 is 4.79. The number of pyridine rings is 1. The van der Waals surface area contributed by atoms with Crippen molar-refractivity contribution in [3.05, 3.63) is 24.5 Å². The van der Waals surface area contributed by atoms with E-state index in [4.69, 9.17) is 9.84 Å². The molecule has 80 valence electrons. The zero-order valence-electron chi connectivity index (χ0n) is 7.84. The number of aliphatic carboxylic acids is 1. The molecule has 0 radical (unpaired) electrons. The smallest absolute Gasteiger partial charge is 0.412 e. The number of carboxylic acids is 1. The van der Waals surface area contributed by atoms with Gasteiger partial charge in [-0.15, -0.1) is 0 Å². The molecule has 0 fully saturated rings. The molecule has 0 atom stereocenters. The van der Waals surface area contributed by atoms with Gasteiger partial charge in [0, 0.05) is 12.7 Å². The van der Waals surface area contributed by atoms with Gasteiger partial charge < -0.3 is 15.2 Å². The monoisotopic (exact) mass is 210 g/mol. The highest BCUT2D eigenvalue weighted by Crippen LogP contribution is 2.05. The number of rotatable bonds is 4. The molecule has 6 nitrogen and oxygen atoms in total. The summed E-state index contributed by atoms with van der Waals surface area (Å²) in [6.07, 6.45) is 2.11. The van der Waals surface area contributed by atoms with Crippen LogP contribution in [0.2, 0.25) is 0 Å². The van der Waals surface area contributed by atoms with Gasteiger partial charge in [-0.05, 0) is 12.1 Å². The lowest BCUT2D eigenvalue weighted by atomic mass is 10.4. The zero-order valence-corrected chi connectivity index (χ0v) is 7.84. The Balaban J connectivity index is 2.28. The molecule has 1 rings (SSSR count). The van der Waals surface area contributed by atoms with Crippen molar-refractivity contribution in [3.63, 3.8) is 0 Å². The number of amides is 1. The number of carbonyl (C=O) groups is 2. The first-order valence-electron chi connectivity index (χ1n) is 4.26. The second kappa shape index (κ2) is 5.58. The highest BCUT2D eigenvalue weighted by molar-refractivity contribution is 5.72. The Bertz CT molecular complexity index is 339. The van der Waals surface area contributed by atoms with Crippen molar-refractivity contribution in [1.82, 2.24) is 10.3 Å². The van der Waals surface area contributed by atoms with Gasteiger partial charge in [0.2, 0.25) is 0 Å². The van der Waals surface area contributed by atoms with Gasteiger partial charge in [-0.1, -0.05) is 0 Å². The third-order valence-corrected chi connectivity index (χ3v) is 1.45. The van der Waals surface area contributed by atoms with E-state index in [1.54, 1.807) is 18.3 Å². The molecule has 0 aliphatic rings. The number of hydrogen-bond acceptors (Lipinski definition) is 4. The number of nitrogens with one attached hydrogen (secondary N) is 1. The summed E-state index contributed by atoms with van der Waals surface area (Å²) in [4.78, 5) is 24.9. The van der Waals surface area contributed by atoms with E-state index in [1.165, 1.54) is 6.20 Å². The Morgan fingerprint density at radius 3 is 2.93 bits per heavy atom. The summed E-state index contributed by atoms with van der Waals surface area (Å²) in [5, 5.41) is 10.6. The SMILES string of the molecule is O=C(O)CCNC(=O)Oc1cccnc1. The standard InChI is InChI=1S/C9H10N2O4/c12-8(13)3-5-11-9(14)15-7-2-1-4-10-6-7/h1-2,4,6H,3,5H2,(H,11,14)(H,12,13). The maximum atomic E-state index is 11.0. The maximum absolute atomic E-state index is 11.0. The summed E-state index contributed by atoms with van der Waals surface area (Å²) in [5.41, 5.74) is 0. The molecule has 1 aromatic heterocycles. The fourth-order valence-corrected chi connectivity index (χ4v) is 0.822. The second-order valence-corrected chi connectivity index (χ2v) is 2.65. The normalized spacial score (nSPS) is 9.33. The summed E-state index contributed by atoms with van der Waals surface area (Å²) in [7, 11) is 0. The highest BCUT2D eigenvalue weighted by Gasteiger charge is 2.04. The Hall–Kier alpha value is -2.11. The Morgan fingerprint density at radius 1 is 1.53 bits per heavy atom. The molecule has 0 saturated heterocycles. The van der Waals surface area contributed by atoms with Crippen LogP contribution in [0.15, 0.2) is 24.5 Å². The van der Waals surface area contributed by atoms with Crippen LogP contribution in [0.25, 0.3) is 0 Å². The zero-order chi connectivity index (χ0) is 11.1. The van der Waals surface area contributed by atoms with E-state index in [2.05, 4.69) is 10.3 Å². The minimum absolute atomic E-state index is 0.0361. The fourth-order valence-electron chi connectivity index (χ4n) is 0.822. The first-order chi connectivity index (χ1) is 7.18. The summed E-state index contributed by atoms with van der Waals surface area (Å²) in [6, 6.07) is 3.20. The third-order valence-electron chi connectivity index (χ3n) is 1.45. The predicted molar refractivity (Wildman–Crippen MR) is 50.5 cm³/mol. The van der Waals surface area contributed by atoms with Crippen molar-refractivity contribution in [2.75, 3.05) is 6.54 Å². The Kier molecular flexibility index (Phi) is 4.08. The predicted octanol–water partition coefficient (Wildman–Crippen LogP) is 0.645. The quantitative estimate of drug-likeness (QED) is 0.761. The van der Waals surface area contributed by atoms with E-state index in [-0.39, 0.29) is 13.0 Å². The van der Waals surface area contributed by atoms with E-state index in [0.29, 0.717) is 5.75 Å². The lowest BCUT2D eigenvalue weighted by Gasteiger charge is -2.04. The van der Waals surface area contributed by atoms with Crippen LogP contribution in [0.5, 0.6) is 5.75 Å². The Morgan fingerprint density at radius 2 is 2.33 bits per heavy atom. The van der Waals surface area contributed by atoms with Gasteiger partial charge in [-0.2, -0.15) is 0 Å². The van der Waals surface area contributed by atoms with E-state index in [1.807, 2.05) is 0 Å². The van der Waals surface area contributed by atoms with Crippen LogP contribution in [0.3, 0.4) is 0 Å². The number of nitrogens with zero attached hydrogens (tertiary/aromatic N) is 1. The molecule has 0 aliphatic carbocycles. The fraction of sp³-hybridized carbons (Fsp3) is 0.222. The molecule has 0 aromatic carbocycles. The lowest BCUT2D eigenvalue weighted by molar-refractivity contribution is -0.136. The van der Waals surface area contributed by atoms with Crippen molar-refractivity contribution >= 4 is 12.1 Å². The molecule has 1 aromatic rings. The van der Waals surface area contributed by atoms with Gasteiger partial charge in [-0.25, -0.2) is 4.79 Å². The molecule has 15 heavy (non-hydrogen) atoms. The van der Waals surface area contributed by atoms with E-state index < -0.39 is 12.1 Å². The van der Waals surface area contributed by atoms with Crippen molar-refractivity contribution in [3.8, 4) is 5.75 Å². The van der Waals surface area contributed by atoms with Crippen molar-refractivity contribution < 1.29 is 19.4 Å². The van der Waals surface area contributed by atoms with Crippen molar-refractivity contribution in [2.45, 2.75) is 6.42 Å². The number of aromatic nitrogens is 1. The molecular weight excluding hydrogens is 200 g/mol. The van der Waals surface area contributed by atoms with Gasteiger partial charge in [0.1, 0.15) is 0 Å². The van der Waals surface area contributed by atoms with Crippen molar-refractivity contribution in [1.29, 1.82) is 0 Å². The Labute approximate surface area is 85.9 Å². The first-order valence-corrected chi connectivity index (χ1v) is 4.26. The molecule has 1 heterocycles. The minimum Gasteiger partial charge on any atom is -0.481 e. The largest absolute Gasteiger partial charge is 0.481 e. The lowest BCUT2D eigenvalue weighted by Crippen LogP contribution is -2.28. The van der Waals surface area contributed by atoms with Gasteiger partial charge >= 0.3 is 12.1 Å². The van der Waals surface area contributed by atoms with Crippen LogP contribution in [-0.4, -0.2) is 28.7 Å². The maximum Gasteiger partial charge on any atom is 0.412 e. The molecule has 0 aliphatic heterocycles. The van der Waals surface area contributed by atoms with Crippen LogP contribution >= 0.6 is 0 Å². The van der Waals surface area contributed by atoms with Crippen LogP contribution in [0.1, 0.15) is 6.42 Å². The average molecular weight is 210 g/mol. The summed E-state index contributed by atoms with van der Waals surface area (Å²) in [6.45, 7) is 0.0361. The number of carboxylic acid groups (broad SMARTS) is 1. The van der Waals surface area contributed by atoms with Gasteiger partial charge in [0.05, 0.1) is 12.6 Å². The van der Waals surface area contributed by atoms with E-state index in [9.17, 15) is 9.59 Å². The first kappa shape index (κ1) is 11.0. The number of ether oxygens (including phenoxy) is 1. The second-order valence-electron chi connectivity index (χ2n) is 2.65. The van der Waals surface area contributed by atoms with Crippen LogP contribution in [0, 0.1) is 0 Å². The van der Waals surface area contributed by atoms with Crippen LogP contribution < -0.4 is 10.1 Å². The third kappa shape index (κ3) is 4.61.